The number of quaternary nitrogens is 1. The SMILES string of the molecule is N[N+]([O-])(O)c1ccccc1. The van der Waals surface area contributed by atoms with Gasteiger partial charge in [-0.05, 0) is 0 Å². The molecular weight excluding hydrogens is 132 g/mol. The van der Waals surface area contributed by atoms with Crippen LogP contribution in [-0.4, -0.2) is 5.21 Å². The molecule has 1 atom stereocenters. The van der Waals surface area contributed by atoms with Crippen molar-refractivity contribution in [2.45, 2.75) is 0 Å². The zero-order valence-corrected chi connectivity index (χ0v) is 5.27. The smallest absolute Gasteiger partial charge is 0.185 e. The molecule has 0 aliphatic carbocycles. The van der Waals surface area contributed by atoms with Crippen molar-refractivity contribution in [3.63, 3.8) is 0 Å². The Kier molecular flexibility index (Phi) is 1.69. The van der Waals surface area contributed by atoms with E-state index in [-0.39, 0.29) is 5.69 Å². The molecule has 1 unspecified atom stereocenters. The van der Waals surface area contributed by atoms with Crippen LogP contribution >= 0.6 is 0 Å². The molecule has 0 heterocycles. The van der Waals surface area contributed by atoms with Crippen molar-refractivity contribution >= 4 is 5.69 Å². The summed E-state index contributed by atoms with van der Waals surface area (Å²) in [5, 5.41) is 19.2. The van der Waals surface area contributed by atoms with Gasteiger partial charge < -0.3 is 5.21 Å². The summed E-state index contributed by atoms with van der Waals surface area (Å²) in [6, 6.07) is 7.89. The molecule has 0 aliphatic rings. The minimum atomic E-state index is -1.86. The van der Waals surface area contributed by atoms with E-state index < -0.39 is 4.92 Å². The molecule has 0 aromatic heterocycles. The van der Waals surface area contributed by atoms with Crippen LogP contribution in [0.5, 0.6) is 0 Å². The molecule has 0 amide bonds. The summed E-state index contributed by atoms with van der Waals surface area (Å²) in [5.41, 5.74) is 0.113. The van der Waals surface area contributed by atoms with Crippen LogP contribution in [0.15, 0.2) is 30.3 Å². The lowest BCUT2D eigenvalue weighted by Crippen LogP contribution is -2.46. The number of hydrogen-bond donors (Lipinski definition) is 2. The van der Waals surface area contributed by atoms with Crippen LogP contribution in [0.4, 0.5) is 5.69 Å². The molecule has 3 N–H and O–H groups in total. The van der Waals surface area contributed by atoms with Crippen molar-refractivity contribution in [3.05, 3.63) is 35.5 Å². The predicted octanol–water partition coefficient (Wildman–Crippen LogP) is 0.755. The Hall–Kier alpha value is -0.940. The normalized spacial score (nSPS) is 16.3. The summed E-state index contributed by atoms with van der Waals surface area (Å²) in [7, 11) is 0. The second-order valence-corrected chi connectivity index (χ2v) is 1.96. The number of benzene rings is 1. The molecule has 0 bridgehead atoms. The maximum Gasteiger partial charge on any atom is 0.185 e. The van der Waals surface area contributed by atoms with Gasteiger partial charge in [0.2, 0.25) is 0 Å². The maximum absolute atomic E-state index is 10.6. The van der Waals surface area contributed by atoms with Gasteiger partial charge in [-0.1, -0.05) is 18.2 Å². The highest BCUT2D eigenvalue weighted by Gasteiger charge is 2.09. The fourth-order valence-electron chi connectivity index (χ4n) is 0.642. The Bertz CT molecular complexity index is 205. The van der Waals surface area contributed by atoms with Gasteiger partial charge in [0.1, 0.15) is 0 Å². The van der Waals surface area contributed by atoms with E-state index in [2.05, 4.69) is 0 Å². The molecular formula is C6H8N2O2. The highest BCUT2D eigenvalue weighted by molar-refractivity contribution is 5.39. The molecule has 0 spiro atoms. The molecule has 54 valence electrons. The van der Waals surface area contributed by atoms with Gasteiger partial charge in [0.25, 0.3) is 0 Å². The van der Waals surface area contributed by atoms with E-state index in [1.807, 2.05) is 0 Å². The van der Waals surface area contributed by atoms with Crippen molar-refractivity contribution in [2.75, 3.05) is 0 Å². The third-order valence-electron chi connectivity index (χ3n) is 1.13. The Morgan fingerprint density at radius 3 is 2.10 bits per heavy atom. The van der Waals surface area contributed by atoms with Crippen LogP contribution in [0.1, 0.15) is 0 Å². The average Bonchev–Trinajstić information content (AvgIpc) is 1.88. The zero-order valence-electron chi connectivity index (χ0n) is 5.27. The Morgan fingerprint density at radius 1 is 1.30 bits per heavy atom. The summed E-state index contributed by atoms with van der Waals surface area (Å²) in [5.74, 6) is 4.79. The number of rotatable bonds is 1. The van der Waals surface area contributed by atoms with E-state index in [0.29, 0.717) is 0 Å². The molecule has 1 aromatic rings. The molecule has 4 heteroatoms. The minimum Gasteiger partial charge on any atom is -0.573 e. The number of para-hydroxylation sites is 1. The van der Waals surface area contributed by atoms with Gasteiger partial charge in [0.15, 0.2) is 5.69 Å². The monoisotopic (exact) mass is 140 g/mol. The van der Waals surface area contributed by atoms with Crippen LogP contribution < -0.4 is 10.8 Å². The Labute approximate surface area is 58.2 Å². The summed E-state index contributed by atoms with van der Waals surface area (Å²) in [6.45, 7) is 0. The second-order valence-electron chi connectivity index (χ2n) is 1.96. The van der Waals surface area contributed by atoms with Crippen LogP contribution in [0.25, 0.3) is 0 Å². The first-order valence-corrected chi connectivity index (χ1v) is 2.78. The van der Waals surface area contributed by atoms with Gasteiger partial charge >= 0.3 is 0 Å². The molecule has 4 nitrogen and oxygen atoms in total. The maximum atomic E-state index is 10.6. The lowest BCUT2D eigenvalue weighted by Gasteiger charge is -2.25. The largest absolute Gasteiger partial charge is 0.573 e. The van der Waals surface area contributed by atoms with Crippen LogP contribution in [0.2, 0.25) is 0 Å². The molecule has 0 fully saturated rings. The van der Waals surface area contributed by atoms with E-state index in [0.717, 1.165) is 0 Å². The Balaban J connectivity index is 2.97. The van der Waals surface area contributed by atoms with Crippen molar-refractivity contribution in [3.8, 4) is 0 Å². The van der Waals surface area contributed by atoms with Crippen LogP contribution in [0, 0.1) is 5.21 Å². The summed E-state index contributed by atoms with van der Waals surface area (Å²) < 4.78 is 0. The van der Waals surface area contributed by atoms with E-state index in [1.54, 1.807) is 18.2 Å². The van der Waals surface area contributed by atoms with Crippen molar-refractivity contribution in [1.29, 1.82) is 0 Å². The molecule has 1 aromatic carbocycles. The molecule has 0 saturated carbocycles. The van der Waals surface area contributed by atoms with E-state index >= 15 is 0 Å². The number of nitrogens with zero attached hydrogens (tertiary/aromatic N) is 1. The van der Waals surface area contributed by atoms with E-state index in [4.69, 9.17) is 11.0 Å². The summed E-state index contributed by atoms with van der Waals surface area (Å²) in [6.07, 6.45) is 0. The minimum absolute atomic E-state index is 0.113. The van der Waals surface area contributed by atoms with Crippen LogP contribution in [0.3, 0.4) is 0 Å². The molecule has 0 aliphatic heterocycles. The lowest BCUT2D eigenvalue weighted by atomic mass is 10.3. The fraction of sp³-hybridized carbons (Fsp3) is 0. The zero-order chi connectivity index (χ0) is 7.61. The second kappa shape index (κ2) is 2.36. The fourth-order valence-corrected chi connectivity index (χ4v) is 0.642. The van der Waals surface area contributed by atoms with Crippen LogP contribution in [-0.2, 0) is 0 Å². The first-order chi connectivity index (χ1) is 4.61. The predicted molar refractivity (Wildman–Crippen MR) is 37.6 cm³/mol. The lowest BCUT2D eigenvalue weighted by molar-refractivity contribution is -0.0327. The number of nitrogens with two attached hydrogens (primary N) is 1. The third-order valence-corrected chi connectivity index (χ3v) is 1.13. The molecule has 0 radical (unpaired) electrons. The average molecular weight is 140 g/mol. The van der Waals surface area contributed by atoms with Gasteiger partial charge in [-0.3, -0.25) is 0 Å². The van der Waals surface area contributed by atoms with Gasteiger partial charge in [-0.2, -0.15) is 5.21 Å². The molecule has 10 heavy (non-hydrogen) atoms. The summed E-state index contributed by atoms with van der Waals surface area (Å²) in [4.78, 5) is -1.86. The highest BCUT2D eigenvalue weighted by Crippen LogP contribution is 2.12. The van der Waals surface area contributed by atoms with Gasteiger partial charge in [0.05, 0.1) is 0 Å². The van der Waals surface area contributed by atoms with Gasteiger partial charge in [-0.25, -0.2) is 0 Å². The first-order valence-electron chi connectivity index (χ1n) is 2.78. The molecule has 1 rings (SSSR count). The van der Waals surface area contributed by atoms with E-state index in [9.17, 15) is 5.21 Å². The van der Waals surface area contributed by atoms with Gasteiger partial charge in [0, 0.05) is 12.1 Å². The first kappa shape index (κ1) is 7.17. The third kappa shape index (κ3) is 1.52. The van der Waals surface area contributed by atoms with Gasteiger partial charge in [-0.15, -0.1) is 10.8 Å². The topological polar surface area (TPSA) is 69.3 Å². The highest BCUT2D eigenvalue weighted by atomic mass is 16.9. The molecule has 0 saturated heterocycles. The van der Waals surface area contributed by atoms with Crippen molar-refractivity contribution < 1.29 is 5.21 Å². The van der Waals surface area contributed by atoms with Crippen molar-refractivity contribution in [2.24, 2.45) is 5.84 Å². The number of hydrogen-bond acceptors (Lipinski definition) is 3. The summed E-state index contributed by atoms with van der Waals surface area (Å²) >= 11 is 0. The van der Waals surface area contributed by atoms with E-state index in [1.165, 1.54) is 12.1 Å². The standard InChI is InChI=1S/C6H8N2O2/c7-8(9,10)6-4-2-1-3-5-6/h1-5,9H,7H2. The van der Waals surface area contributed by atoms with Crippen molar-refractivity contribution in [1.82, 2.24) is 4.92 Å². The quantitative estimate of drug-likeness (QED) is 0.343. The Morgan fingerprint density at radius 2 is 1.80 bits per heavy atom.